The van der Waals surface area contributed by atoms with E-state index in [0.717, 1.165) is 5.75 Å². The third kappa shape index (κ3) is 5.25. The van der Waals surface area contributed by atoms with Crippen molar-refractivity contribution < 1.29 is 19.1 Å². The fourth-order valence-electron chi connectivity index (χ4n) is 3.53. The molecule has 2 aliphatic rings. The molecule has 0 aromatic heterocycles. The number of hydrazine groups is 1. The summed E-state index contributed by atoms with van der Waals surface area (Å²) in [6, 6.07) is 12.2. The molecule has 3 N–H and O–H groups in total. The zero-order chi connectivity index (χ0) is 23.4. The van der Waals surface area contributed by atoms with Crippen LogP contribution in [0.3, 0.4) is 0 Å². The summed E-state index contributed by atoms with van der Waals surface area (Å²) in [5.41, 5.74) is 7.21. The molecule has 0 spiro atoms. The van der Waals surface area contributed by atoms with E-state index in [4.69, 9.17) is 21.1 Å². The number of halogens is 1. The van der Waals surface area contributed by atoms with Crippen LogP contribution < -0.4 is 30.5 Å². The van der Waals surface area contributed by atoms with Crippen molar-refractivity contribution in [3.8, 4) is 11.5 Å². The minimum Gasteiger partial charge on any atom is -0.495 e. The monoisotopic (exact) mass is 489 g/mol. The first kappa shape index (κ1) is 23.4. The van der Waals surface area contributed by atoms with Crippen LogP contribution in [0.4, 0.5) is 11.4 Å². The van der Waals surface area contributed by atoms with Crippen LogP contribution in [0.25, 0.3) is 0 Å². The lowest BCUT2D eigenvalue weighted by Gasteiger charge is -2.32. The van der Waals surface area contributed by atoms with Gasteiger partial charge < -0.3 is 14.8 Å². The number of benzene rings is 2. The number of amidine groups is 1. The lowest BCUT2D eigenvalue weighted by Crippen LogP contribution is -2.49. The molecule has 2 heterocycles. The number of nitrogens with zero attached hydrogens (tertiary/aromatic N) is 2. The number of carbonyl (C=O) groups is 2. The third-order valence-corrected chi connectivity index (χ3v) is 6.35. The average Bonchev–Trinajstić information content (AvgIpc) is 3.28. The number of hydrogen-bond donors (Lipinski definition) is 3. The molecular weight excluding hydrogens is 466 g/mol. The zero-order valence-corrected chi connectivity index (χ0v) is 19.7. The molecule has 2 amide bonds. The van der Waals surface area contributed by atoms with Gasteiger partial charge in [-0.05, 0) is 49.4 Å². The number of rotatable bonds is 7. The molecule has 0 radical (unpaired) electrons. The topological polar surface area (TPSA) is 104 Å². The highest BCUT2D eigenvalue weighted by molar-refractivity contribution is 8.14. The molecule has 33 heavy (non-hydrogen) atoms. The Morgan fingerprint density at radius 2 is 2.09 bits per heavy atom. The van der Waals surface area contributed by atoms with Crippen molar-refractivity contribution in [3.63, 3.8) is 0 Å². The van der Waals surface area contributed by atoms with Crippen molar-refractivity contribution in [1.82, 2.24) is 10.9 Å². The maximum Gasteiger partial charge on any atom is 0.241 e. The molecule has 11 heteroatoms. The predicted octanol–water partition coefficient (Wildman–Crippen LogP) is 2.87. The first-order valence-electron chi connectivity index (χ1n) is 10.4. The van der Waals surface area contributed by atoms with E-state index in [1.807, 2.05) is 6.92 Å². The molecule has 2 aliphatic heterocycles. The summed E-state index contributed by atoms with van der Waals surface area (Å²) in [4.78, 5) is 32.0. The summed E-state index contributed by atoms with van der Waals surface area (Å²) in [5, 5.41) is 3.64. The standard InChI is InChI=1S/C22H24ClN5O4S/c1-3-32-15-7-4-13(5-8-15)25-19(29)12-33-22-26-20-16(11-24-27-20)21(30)28(22)14-6-9-18(31-2)17(23)10-14/h4-10,16,20,24,27H,3,11-12H2,1-2H3,(H,25,29). The second kappa shape index (κ2) is 10.4. The SMILES string of the molecule is CCOc1ccc(NC(=O)CSC2=NC3NNCC3C(=O)N2c2ccc(OC)c(Cl)c2)cc1. The number of ether oxygens (including phenoxy) is 2. The molecule has 0 bridgehead atoms. The molecule has 9 nitrogen and oxygen atoms in total. The van der Waals surface area contributed by atoms with Gasteiger partial charge in [-0.25, -0.2) is 10.4 Å². The molecule has 2 atom stereocenters. The zero-order valence-electron chi connectivity index (χ0n) is 18.1. The molecule has 1 saturated heterocycles. The maximum absolute atomic E-state index is 13.3. The van der Waals surface area contributed by atoms with Crippen molar-refractivity contribution in [3.05, 3.63) is 47.5 Å². The van der Waals surface area contributed by atoms with Crippen LogP contribution in [0, 0.1) is 5.92 Å². The Hall–Kier alpha value is -2.79. The summed E-state index contributed by atoms with van der Waals surface area (Å²) in [7, 11) is 1.53. The number of fused-ring (bicyclic) bond motifs is 1. The Bertz CT molecular complexity index is 1070. The quantitative estimate of drug-likeness (QED) is 0.549. The van der Waals surface area contributed by atoms with Gasteiger partial charge in [-0.3, -0.25) is 19.9 Å². The Morgan fingerprint density at radius 3 is 2.79 bits per heavy atom. The van der Waals surface area contributed by atoms with Crippen LogP contribution in [0.2, 0.25) is 5.02 Å². The van der Waals surface area contributed by atoms with E-state index in [9.17, 15) is 9.59 Å². The van der Waals surface area contributed by atoms with Crippen LogP contribution >= 0.6 is 23.4 Å². The Kier molecular flexibility index (Phi) is 7.39. The lowest BCUT2D eigenvalue weighted by atomic mass is 10.0. The van der Waals surface area contributed by atoms with Crippen LogP contribution in [0.5, 0.6) is 11.5 Å². The number of methoxy groups -OCH3 is 1. The summed E-state index contributed by atoms with van der Waals surface area (Å²) in [6.45, 7) is 2.95. The molecule has 2 unspecified atom stereocenters. The second-order valence-corrected chi connectivity index (χ2v) is 8.62. The van der Waals surface area contributed by atoms with Crippen molar-refractivity contribution in [1.29, 1.82) is 0 Å². The number of nitrogens with one attached hydrogen (secondary N) is 3. The van der Waals surface area contributed by atoms with E-state index >= 15 is 0 Å². The molecular formula is C22H24ClN5O4S. The smallest absolute Gasteiger partial charge is 0.241 e. The first-order chi connectivity index (χ1) is 16.0. The molecule has 0 saturated carbocycles. The highest BCUT2D eigenvalue weighted by atomic mass is 35.5. The van der Waals surface area contributed by atoms with Crippen LogP contribution in [0.15, 0.2) is 47.5 Å². The van der Waals surface area contributed by atoms with Gasteiger partial charge in [-0.2, -0.15) is 0 Å². The van der Waals surface area contributed by atoms with E-state index in [1.54, 1.807) is 42.5 Å². The van der Waals surface area contributed by atoms with Gasteiger partial charge in [0.25, 0.3) is 0 Å². The summed E-state index contributed by atoms with van der Waals surface area (Å²) >= 11 is 7.48. The number of aliphatic imine (C=N–C) groups is 1. The molecule has 1 fully saturated rings. The number of thioether (sulfide) groups is 1. The summed E-state index contributed by atoms with van der Waals surface area (Å²) < 4.78 is 10.6. The highest BCUT2D eigenvalue weighted by Gasteiger charge is 2.42. The Balaban J connectivity index is 1.49. The predicted molar refractivity (Wildman–Crippen MR) is 130 cm³/mol. The third-order valence-electron chi connectivity index (χ3n) is 5.11. The van der Waals surface area contributed by atoms with Gasteiger partial charge in [0, 0.05) is 12.2 Å². The lowest BCUT2D eigenvalue weighted by molar-refractivity contribution is -0.121. The first-order valence-corrected chi connectivity index (χ1v) is 11.8. The van der Waals surface area contributed by atoms with Crippen molar-refractivity contribution in [2.75, 3.05) is 36.2 Å². The van der Waals surface area contributed by atoms with E-state index < -0.39 is 0 Å². The minimum absolute atomic E-state index is 0.0739. The molecule has 174 valence electrons. The molecule has 2 aromatic carbocycles. The molecule has 4 rings (SSSR count). The van der Waals surface area contributed by atoms with E-state index in [0.29, 0.717) is 40.5 Å². The Labute approximate surface area is 200 Å². The van der Waals surface area contributed by atoms with Gasteiger partial charge in [0.15, 0.2) is 5.17 Å². The fraction of sp³-hybridized carbons (Fsp3) is 0.318. The van der Waals surface area contributed by atoms with Crippen LogP contribution in [-0.4, -0.2) is 49.2 Å². The fourth-order valence-corrected chi connectivity index (χ4v) is 4.63. The number of hydrogen-bond acceptors (Lipinski definition) is 8. The van der Waals surface area contributed by atoms with Crippen molar-refractivity contribution in [2.24, 2.45) is 10.9 Å². The highest BCUT2D eigenvalue weighted by Crippen LogP contribution is 2.34. The van der Waals surface area contributed by atoms with E-state index in [2.05, 4.69) is 21.2 Å². The maximum atomic E-state index is 13.3. The summed E-state index contributed by atoms with van der Waals surface area (Å²) in [5.74, 6) is 0.626. The van der Waals surface area contributed by atoms with Crippen molar-refractivity contribution >= 4 is 51.7 Å². The minimum atomic E-state index is -0.390. The van der Waals surface area contributed by atoms with Gasteiger partial charge in [0.2, 0.25) is 11.8 Å². The van der Waals surface area contributed by atoms with Gasteiger partial charge >= 0.3 is 0 Å². The van der Waals surface area contributed by atoms with Crippen LogP contribution in [0.1, 0.15) is 6.92 Å². The normalized spacial score (nSPS) is 19.7. The van der Waals surface area contributed by atoms with Gasteiger partial charge in [0.1, 0.15) is 17.7 Å². The molecule has 0 aliphatic carbocycles. The van der Waals surface area contributed by atoms with Gasteiger partial charge in [0.05, 0.1) is 36.1 Å². The largest absolute Gasteiger partial charge is 0.495 e. The van der Waals surface area contributed by atoms with Crippen molar-refractivity contribution in [2.45, 2.75) is 13.1 Å². The number of anilines is 2. The second-order valence-electron chi connectivity index (χ2n) is 7.27. The van der Waals surface area contributed by atoms with E-state index in [1.165, 1.54) is 23.8 Å². The average molecular weight is 490 g/mol. The van der Waals surface area contributed by atoms with E-state index in [-0.39, 0.29) is 29.7 Å². The number of amides is 2. The Morgan fingerprint density at radius 1 is 1.30 bits per heavy atom. The number of carbonyl (C=O) groups excluding carboxylic acids is 2. The van der Waals surface area contributed by atoms with Gasteiger partial charge in [-0.1, -0.05) is 23.4 Å². The van der Waals surface area contributed by atoms with Gasteiger partial charge in [-0.15, -0.1) is 0 Å². The van der Waals surface area contributed by atoms with Crippen LogP contribution in [-0.2, 0) is 9.59 Å². The summed E-state index contributed by atoms with van der Waals surface area (Å²) in [6.07, 6.45) is -0.390. The molecule has 2 aromatic rings.